The Bertz CT molecular complexity index is 235. The van der Waals surface area contributed by atoms with Crippen LogP contribution in [0.5, 0.6) is 0 Å². The highest BCUT2D eigenvalue weighted by Crippen LogP contribution is 2.14. The molecule has 5 nitrogen and oxygen atoms in total. The van der Waals surface area contributed by atoms with Crippen molar-refractivity contribution in [3.63, 3.8) is 0 Å². The van der Waals surface area contributed by atoms with Crippen LogP contribution in [0.2, 0.25) is 0 Å². The maximum Gasteiger partial charge on any atom is 0.242 e. The van der Waals surface area contributed by atoms with E-state index in [9.17, 15) is 9.90 Å². The largest absolute Gasteiger partial charge is 0.394 e. The average molecular weight is 230 g/mol. The Morgan fingerprint density at radius 2 is 2.25 bits per heavy atom. The van der Waals surface area contributed by atoms with Crippen molar-refractivity contribution in [3.05, 3.63) is 0 Å². The molecule has 0 bridgehead atoms. The second kappa shape index (κ2) is 6.18. The van der Waals surface area contributed by atoms with Crippen molar-refractivity contribution >= 4 is 5.91 Å². The monoisotopic (exact) mass is 230 g/mol. The molecule has 2 unspecified atom stereocenters. The van der Waals surface area contributed by atoms with Gasteiger partial charge in [-0.2, -0.15) is 0 Å². The number of ether oxygens (including phenoxy) is 1. The van der Waals surface area contributed by atoms with Crippen molar-refractivity contribution in [2.45, 2.75) is 25.4 Å². The van der Waals surface area contributed by atoms with Gasteiger partial charge in [-0.05, 0) is 13.3 Å². The summed E-state index contributed by atoms with van der Waals surface area (Å²) in [5.74, 6) is 0.00334. The maximum atomic E-state index is 12.0. The zero-order valence-corrected chi connectivity index (χ0v) is 10.3. The molecule has 0 radical (unpaired) electrons. The van der Waals surface area contributed by atoms with Crippen molar-refractivity contribution in [1.82, 2.24) is 9.80 Å². The van der Waals surface area contributed by atoms with Gasteiger partial charge in [0.1, 0.15) is 6.04 Å². The normalized spacial score (nSPS) is 28.2. The van der Waals surface area contributed by atoms with Gasteiger partial charge in [0.15, 0.2) is 0 Å². The Labute approximate surface area is 97.0 Å². The quantitative estimate of drug-likeness (QED) is 0.710. The van der Waals surface area contributed by atoms with Crippen molar-refractivity contribution < 1.29 is 14.6 Å². The minimum Gasteiger partial charge on any atom is -0.394 e. The Kier molecular flexibility index (Phi) is 5.18. The standard InChI is InChI=1S/C11H22N2O3/c1-9-4-5-13(6-7-16-3)10(8-14)11(15)12(9)2/h9-10,14H,4-8H2,1-3H3. The summed E-state index contributed by atoms with van der Waals surface area (Å²) in [4.78, 5) is 15.8. The second-order valence-corrected chi connectivity index (χ2v) is 4.31. The minimum atomic E-state index is -0.412. The molecule has 1 amide bonds. The highest BCUT2D eigenvalue weighted by Gasteiger charge is 2.32. The molecule has 0 aromatic rings. The third kappa shape index (κ3) is 2.93. The van der Waals surface area contributed by atoms with Crippen LogP contribution >= 0.6 is 0 Å². The maximum absolute atomic E-state index is 12.0. The van der Waals surface area contributed by atoms with E-state index >= 15 is 0 Å². The van der Waals surface area contributed by atoms with Crippen LogP contribution in [-0.2, 0) is 9.53 Å². The Hall–Kier alpha value is -0.650. The van der Waals surface area contributed by atoms with Crippen molar-refractivity contribution in [2.75, 3.05) is 40.5 Å². The van der Waals surface area contributed by atoms with E-state index in [4.69, 9.17) is 4.74 Å². The van der Waals surface area contributed by atoms with E-state index < -0.39 is 6.04 Å². The molecule has 0 aliphatic carbocycles. The molecule has 2 atom stereocenters. The van der Waals surface area contributed by atoms with E-state index in [-0.39, 0.29) is 18.6 Å². The average Bonchev–Trinajstić information content (AvgIpc) is 2.39. The summed E-state index contributed by atoms with van der Waals surface area (Å²) in [6.07, 6.45) is 0.933. The predicted molar refractivity (Wildman–Crippen MR) is 61.2 cm³/mol. The van der Waals surface area contributed by atoms with E-state index in [1.165, 1.54) is 0 Å². The lowest BCUT2D eigenvalue weighted by atomic mass is 10.2. The van der Waals surface area contributed by atoms with Crippen molar-refractivity contribution in [3.8, 4) is 0 Å². The van der Waals surface area contributed by atoms with E-state index in [1.54, 1.807) is 19.1 Å². The van der Waals surface area contributed by atoms with E-state index in [2.05, 4.69) is 0 Å². The number of likely N-dealkylation sites (N-methyl/N-ethyl adjacent to an activating group) is 1. The molecule has 0 spiro atoms. The fourth-order valence-corrected chi connectivity index (χ4v) is 1.98. The number of hydrogen-bond acceptors (Lipinski definition) is 4. The fourth-order valence-electron chi connectivity index (χ4n) is 1.98. The first-order valence-corrected chi connectivity index (χ1v) is 5.72. The van der Waals surface area contributed by atoms with Gasteiger partial charge in [0.2, 0.25) is 5.91 Å². The Balaban J connectivity index is 2.72. The van der Waals surface area contributed by atoms with Gasteiger partial charge in [0, 0.05) is 33.3 Å². The van der Waals surface area contributed by atoms with Crippen molar-refractivity contribution in [2.24, 2.45) is 0 Å². The van der Waals surface area contributed by atoms with E-state index in [1.807, 2.05) is 11.8 Å². The van der Waals surface area contributed by atoms with Gasteiger partial charge in [-0.15, -0.1) is 0 Å². The molecule has 1 aliphatic rings. The fraction of sp³-hybridized carbons (Fsp3) is 0.909. The molecule has 1 aliphatic heterocycles. The zero-order valence-electron chi connectivity index (χ0n) is 10.3. The summed E-state index contributed by atoms with van der Waals surface area (Å²) in [5, 5.41) is 9.33. The molecule has 0 aromatic heterocycles. The molecule has 1 heterocycles. The summed E-state index contributed by atoms with van der Waals surface area (Å²) >= 11 is 0. The Morgan fingerprint density at radius 3 is 2.81 bits per heavy atom. The molecule has 5 heteroatoms. The number of aliphatic hydroxyl groups excluding tert-OH is 1. The lowest BCUT2D eigenvalue weighted by Gasteiger charge is -2.28. The number of aliphatic hydroxyl groups is 1. The summed E-state index contributed by atoms with van der Waals surface area (Å²) in [7, 11) is 3.44. The molecule has 94 valence electrons. The summed E-state index contributed by atoms with van der Waals surface area (Å²) in [5.41, 5.74) is 0. The molecule has 16 heavy (non-hydrogen) atoms. The van der Waals surface area contributed by atoms with Gasteiger partial charge in [-0.3, -0.25) is 9.69 Å². The molecular formula is C11H22N2O3. The number of nitrogens with zero attached hydrogens (tertiary/aromatic N) is 2. The van der Waals surface area contributed by atoms with Gasteiger partial charge in [0.05, 0.1) is 13.2 Å². The molecule has 0 aromatic carbocycles. The molecule has 1 saturated heterocycles. The number of rotatable bonds is 4. The summed E-state index contributed by atoms with van der Waals surface area (Å²) < 4.78 is 5.02. The topological polar surface area (TPSA) is 53.0 Å². The van der Waals surface area contributed by atoms with E-state index in [0.717, 1.165) is 13.0 Å². The predicted octanol–water partition coefficient (Wildman–Crippen LogP) is -0.454. The van der Waals surface area contributed by atoms with Gasteiger partial charge in [-0.1, -0.05) is 0 Å². The van der Waals surface area contributed by atoms with Crippen LogP contribution in [0.15, 0.2) is 0 Å². The number of methoxy groups -OCH3 is 1. The first kappa shape index (κ1) is 13.4. The lowest BCUT2D eigenvalue weighted by molar-refractivity contribution is -0.137. The Morgan fingerprint density at radius 1 is 1.56 bits per heavy atom. The molecule has 1 N–H and O–H groups in total. The third-order valence-electron chi connectivity index (χ3n) is 3.32. The van der Waals surface area contributed by atoms with Crippen LogP contribution in [0.1, 0.15) is 13.3 Å². The highest BCUT2D eigenvalue weighted by atomic mass is 16.5. The van der Waals surface area contributed by atoms with Gasteiger partial charge >= 0.3 is 0 Å². The molecule has 1 rings (SSSR count). The second-order valence-electron chi connectivity index (χ2n) is 4.31. The zero-order chi connectivity index (χ0) is 12.1. The first-order valence-electron chi connectivity index (χ1n) is 5.72. The first-order chi connectivity index (χ1) is 7.61. The van der Waals surface area contributed by atoms with Gasteiger partial charge in [-0.25, -0.2) is 0 Å². The van der Waals surface area contributed by atoms with Crippen LogP contribution < -0.4 is 0 Å². The summed E-state index contributed by atoms with van der Waals surface area (Å²) in [6.45, 7) is 4.01. The number of carbonyl (C=O) groups excluding carboxylic acids is 1. The third-order valence-corrected chi connectivity index (χ3v) is 3.32. The number of carbonyl (C=O) groups is 1. The van der Waals surface area contributed by atoms with Crippen LogP contribution in [0.25, 0.3) is 0 Å². The smallest absolute Gasteiger partial charge is 0.242 e. The minimum absolute atomic E-state index is 0.00334. The molecular weight excluding hydrogens is 208 g/mol. The number of amides is 1. The number of hydrogen-bond donors (Lipinski definition) is 1. The van der Waals surface area contributed by atoms with Gasteiger partial charge < -0.3 is 14.7 Å². The lowest BCUT2D eigenvalue weighted by Crippen LogP contribution is -2.48. The van der Waals surface area contributed by atoms with Crippen molar-refractivity contribution in [1.29, 1.82) is 0 Å². The van der Waals surface area contributed by atoms with Gasteiger partial charge in [0.25, 0.3) is 0 Å². The van der Waals surface area contributed by atoms with Crippen LogP contribution in [-0.4, -0.2) is 73.4 Å². The molecule has 1 fully saturated rings. The summed E-state index contributed by atoms with van der Waals surface area (Å²) in [6, 6.07) is -0.181. The van der Waals surface area contributed by atoms with Crippen LogP contribution in [0.3, 0.4) is 0 Å². The van der Waals surface area contributed by atoms with E-state index in [0.29, 0.717) is 13.2 Å². The highest BCUT2D eigenvalue weighted by molar-refractivity contribution is 5.82. The molecule has 0 saturated carbocycles. The van der Waals surface area contributed by atoms with Crippen LogP contribution in [0.4, 0.5) is 0 Å². The SMILES string of the molecule is COCCN1CCC(C)N(C)C(=O)C1CO. The van der Waals surface area contributed by atoms with Crippen LogP contribution in [0, 0.1) is 0 Å².